The highest BCUT2D eigenvalue weighted by molar-refractivity contribution is 7.92. The molecule has 1 aliphatic heterocycles. The first-order valence-corrected chi connectivity index (χ1v) is 10.6. The number of ether oxygens (including phenoxy) is 2. The molecule has 3 rings (SSSR count). The topological polar surface area (TPSA) is 84.9 Å². The second-order valence-corrected chi connectivity index (χ2v) is 8.19. The van der Waals surface area contributed by atoms with Gasteiger partial charge in [-0.15, -0.1) is 0 Å². The maximum Gasteiger partial charge on any atom is 0.262 e. The summed E-state index contributed by atoms with van der Waals surface area (Å²) in [5.74, 6) is 0.897. The summed E-state index contributed by atoms with van der Waals surface area (Å²) in [6.45, 7) is 2.68. The van der Waals surface area contributed by atoms with Gasteiger partial charge in [-0.25, -0.2) is 8.42 Å². The number of nitrogens with one attached hydrogen (secondary N) is 1. The van der Waals surface area contributed by atoms with Crippen LogP contribution in [-0.2, 0) is 21.2 Å². The van der Waals surface area contributed by atoms with Crippen molar-refractivity contribution in [2.45, 2.75) is 31.1 Å². The maximum atomic E-state index is 12.8. The van der Waals surface area contributed by atoms with Crippen molar-refractivity contribution in [3.63, 3.8) is 0 Å². The van der Waals surface area contributed by atoms with Crippen molar-refractivity contribution in [1.82, 2.24) is 0 Å². The van der Waals surface area contributed by atoms with E-state index in [2.05, 4.69) is 4.72 Å². The van der Waals surface area contributed by atoms with E-state index in [9.17, 15) is 13.2 Å². The minimum Gasteiger partial charge on any atom is -0.493 e. The molecule has 2 aromatic rings. The van der Waals surface area contributed by atoms with E-state index in [1.807, 2.05) is 6.92 Å². The van der Waals surface area contributed by atoms with Gasteiger partial charge in [0.1, 0.15) is 0 Å². The van der Waals surface area contributed by atoms with Crippen LogP contribution in [0.1, 0.15) is 25.3 Å². The molecule has 0 aromatic heterocycles. The summed E-state index contributed by atoms with van der Waals surface area (Å²) >= 11 is 0. The van der Waals surface area contributed by atoms with Gasteiger partial charge in [-0.05, 0) is 48.7 Å². The Morgan fingerprint density at radius 3 is 2.46 bits per heavy atom. The molecule has 1 amide bonds. The first-order valence-electron chi connectivity index (χ1n) is 9.07. The van der Waals surface area contributed by atoms with Crippen LogP contribution in [0.25, 0.3) is 0 Å². The third-order valence-electron chi connectivity index (χ3n) is 4.64. The molecule has 0 aliphatic carbocycles. The number of carbonyl (C=O) groups is 1. The molecule has 0 saturated carbocycles. The highest BCUT2D eigenvalue weighted by atomic mass is 32.2. The predicted molar refractivity (Wildman–Crippen MR) is 108 cm³/mol. The monoisotopic (exact) mass is 404 g/mol. The summed E-state index contributed by atoms with van der Waals surface area (Å²) in [7, 11) is -0.855. The SMILES string of the molecule is CCCN1C(=O)CCc2cc(NS(=O)(=O)c3ccc(OC)c(OC)c3)ccc21. The van der Waals surface area contributed by atoms with Gasteiger partial charge in [-0.1, -0.05) is 6.92 Å². The van der Waals surface area contributed by atoms with Gasteiger partial charge < -0.3 is 14.4 Å². The molecule has 1 heterocycles. The fourth-order valence-electron chi connectivity index (χ4n) is 3.29. The van der Waals surface area contributed by atoms with Crippen LogP contribution in [0.2, 0.25) is 0 Å². The number of rotatable bonds is 7. The average molecular weight is 404 g/mol. The van der Waals surface area contributed by atoms with Crippen molar-refractivity contribution in [2.75, 3.05) is 30.4 Å². The van der Waals surface area contributed by atoms with Crippen molar-refractivity contribution in [2.24, 2.45) is 0 Å². The van der Waals surface area contributed by atoms with Gasteiger partial charge in [0, 0.05) is 30.4 Å². The summed E-state index contributed by atoms with van der Waals surface area (Å²) in [5, 5.41) is 0. The van der Waals surface area contributed by atoms with Gasteiger partial charge >= 0.3 is 0 Å². The Kier molecular flexibility index (Phi) is 5.79. The predicted octanol–water partition coefficient (Wildman–Crippen LogP) is 3.19. The zero-order chi connectivity index (χ0) is 20.3. The van der Waals surface area contributed by atoms with Gasteiger partial charge in [0.15, 0.2) is 11.5 Å². The summed E-state index contributed by atoms with van der Waals surface area (Å²) in [6.07, 6.45) is 1.89. The van der Waals surface area contributed by atoms with Gasteiger partial charge in [-0.2, -0.15) is 0 Å². The molecule has 0 unspecified atom stereocenters. The number of benzene rings is 2. The zero-order valence-electron chi connectivity index (χ0n) is 16.2. The standard InChI is InChI=1S/C20H24N2O5S/c1-4-11-22-17-8-6-15(12-14(17)5-10-20(22)23)21-28(24,25)16-7-9-18(26-2)19(13-16)27-3/h6-9,12-13,21H,4-5,10-11H2,1-3H3. The smallest absolute Gasteiger partial charge is 0.262 e. The number of hydrogen-bond acceptors (Lipinski definition) is 5. The number of aryl methyl sites for hydroxylation is 1. The lowest BCUT2D eigenvalue weighted by molar-refractivity contribution is -0.118. The van der Waals surface area contributed by atoms with E-state index in [-0.39, 0.29) is 10.8 Å². The van der Waals surface area contributed by atoms with Crippen molar-refractivity contribution in [3.05, 3.63) is 42.0 Å². The number of nitrogens with zero attached hydrogens (tertiary/aromatic N) is 1. The maximum absolute atomic E-state index is 12.8. The third kappa shape index (κ3) is 3.91. The molecular weight excluding hydrogens is 380 g/mol. The average Bonchev–Trinajstić information content (AvgIpc) is 2.69. The molecular formula is C20H24N2O5S. The van der Waals surface area contributed by atoms with Gasteiger partial charge in [0.05, 0.1) is 19.1 Å². The Balaban J connectivity index is 1.88. The second-order valence-electron chi connectivity index (χ2n) is 6.51. The number of fused-ring (bicyclic) bond motifs is 1. The fraction of sp³-hybridized carbons (Fsp3) is 0.350. The number of anilines is 2. The first kappa shape index (κ1) is 20.0. The van der Waals surface area contributed by atoms with Crippen LogP contribution < -0.4 is 19.1 Å². The lowest BCUT2D eigenvalue weighted by Crippen LogP contribution is -2.35. The van der Waals surface area contributed by atoms with E-state index >= 15 is 0 Å². The van der Waals surface area contributed by atoms with Crippen molar-refractivity contribution >= 4 is 27.3 Å². The van der Waals surface area contributed by atoms with Gasteiger partial charge in [0.2, 0.25) is 5.91 Å². The van der Waals surface area contributed by atoms with E-state index in [0.717, 1.165) is 17.7 Å². The number of carbonyl (C=O) groups excluding carboxylic acids is 1. The van der Waals surface area contributed by atoms with Crippen LogP contribution in [0.15, 0.2) is 41.3 Å². The molecule has 1 aliphatic rings. The summed E-state index contributed by atoms with van der Waals surface area (Å²) < 4.78 is 38.5. The van der Waals surface area contributed by atoms with Gasteiger partial charge in [-0.3, -0.25) is 9.52 Å². The van der Waals surface area contributed by atoms with Crippen molar-refractivity contribution in [3.8, 4) is 11.5 Å². The molecule has 1 N–H and O–H groups in total. The van der Waals surface area contributed by atoms with Crippen LogP contribution in [-0.4, -0.2) is 35.1 Å². The normalized spacial score (nSPS) is 13.8. The summed E-state index contributed by atoms with van der Waals surface area (Å²) in [6, 6.07) is 9.70. The molecule has 0 atom stereocenters. The largest absolute Gasteiger partial charge is 0.493 e. The minimum absolute atomic E-state index is 0.0747. The van der Waals surface area contributed by atoms with Crippen molar-refractivity contribution < 1.29 is 22.7 Å². The van der Waals surface area contributed by atoms with Crippen LogP contribution in [0, 0.1) is 0 Å². The van der Waals surface area contributed by atoms with Crippen LogP contribution in [0.4, 0.5) is 11.4 Å². The number of sulfonamides is 1. The van der Waals surface area contributed by atoms with E-state index in [1.165, 1.54) is 26.4 Å². The Labute approximate surface area is 165 Å². The molecule has 0 saturated heterocycles. The van der Waals surface area contributed by atoms with Gasteiger partial charge in [0.25, 0.3) is 10.0 Å². The van der Waals surface area contributed by atoms with E-state index < -0.39 is 10.0 Å². The van der Waals surface area contributed by atoms with Crippen LogP contribution in [0.3, 0.4) is 0 Å². The first-order chi connectivity index (χ1) is 13.4. The van der Waals surface area contributed by atoms with E-state index in [0.29, 0.717) is 36.6 Å². The number of amides is 1. The molecule has 0 bridgehead atoms. The Bertz CT molecular complexity index is 988. The molecule has 28 heavy (non-hydrogen) atoms. The third-order valence-corrected chi connectivity index (χ3v) is 6.02. The number of methoxy groups -OCH3 is 2. The Morgan fingerprint density at radius 1 is 1.04 bits per heavy atom. The molecule has 150 valence electrons. The molecule has 0 radical (unpaired) electrons. The number of hydrogen-bond donors (Lipinski definition) is 1. The lowest BCUT2D eigenvalue weighted by atomic mass is 10.0. The van der Waals surface area contributed by atoms with E-state index in [4.69, 9.17) is 9.47 Å². The molecule has 7 nitrogen and oxygen atoms in total. The van der Waals surface area contributed by atoms with Crippen LogP contribution >= 0.6 is 0 Å². The Morgan fingerprint density at radius 2 is 1.79 bits per heavy atom. The molecule has 0 fully saturated rings. The zero-order valence-corrected chi connectivity index (χ0v) is 17.0. The fourth-order valence-corrected chi connectivity index (χ4v) is 4.35. The lowest BCUT2D eigenvalue weighted by Gasteiger charge is -2.29. The molecule has 2 aromatic carbocycles. The van der Waals surface area contributed by atoms with Crippen LogP contribution in [0.5, 0.6) is 11.5 Å². The molecule has 8 heteroatoms. The second kappa shape index (κ2) is 8.10. The summed E-state index contributed by atoms with van der Waals surface area (Å²) in [5.41, 5.74) is 2.27. The van der Waals surface area contributed by atoms with Crippen molar-refractivity contribution in [1.29, 1.82) is 0 Å². The Hall–Kier alpha value is -2.74. The van der Waals surface area contributed by atoms with E-state index in [1.54, 1.807) is 29.2 Å². The minimum atomic E-state index is -3.80. The summed E-state index contributed by atoms with van der Waals surface area (Å²) in [4.78, 5) is 14.0. The molecule has 0 spiro atoms. The highest BCUT2D eigenvalue weighted by Gasteiger charge is 2.24. The quantitative estimate of drug-likeness (QED) is 0.766. The highest BCUT2D eigenvalue weighted by Crippen LogP contribution is 2.33.